The van der Waals surface area contributed by atoms with Crippen LogP contribution in [0.25, 0.3) is 0 Å². The molecule has 1 aromatic heterocycles. The fourth-order valence-electron chi connectivity index (χ4n) is 2.14. The lowest BCUT2D eigenvalue weighted by Crippen LogP contribution is -2.22. The molecular weight excluding hydrogens is 387 g/mol. The largest absolute Gasteiger partial charge is 0.673 e. The Labute approximate surface area is 160 Å². The van der Waals surface area contributed by atoms with Gasteiger partial charge in [0.15, 0.2) is 0 Å². The molecule has 27 heavy (non-hydrogen) atoms. The van der Waals surface area contributed by atoms with Crippen molar-refractivity contribution in [2.24, 2.45) is 7.05 Å². The van der Waals surface area contributed by atoms with E-state index in [1.807, 2.05) is 30.3 Å². The smallest absolute Gasteiger partial charge is 0.418 e. The summed E-state index contributed by atoms with van der Waals surface area (Å²) in [6.45, 7) is 2.22. The highest BCUT2D eigenvalue weighted by Gasteiger charge is 2.20. The number of unbranched alkanes of at least 4 members (excludes halogenated alkanes) is 9. The number of aromatic nitrogens is 2. The second-order valence-electron chi connectivity index (χ2n) is 6.24. The lowest BCUT2D eigenvalue weighted by Gasteiger charge is -2.01. The van der Waals surface area contributed by atoms with Gasteiger partial charge in [-0.1, -0.05) is 64.7 Å². The molecule has 11 heteroatoms. The molecule has 1 heterocycles. The van der Waals surface area contributed by atoms with Crippen LogP contribution in [0, 0.1) is 0 Å². The van der Waals surface area contributed by atoms with Crippen LogP contribution in [0.4, 0.5) is 17.3 Å². The van der Waals surface area contributed by atoms with E-state index in [2.05, 4.69) is 11.9 Å². The molecule has 1 aromatic rings. The van der Waals surface area contributed by atoms with Crippen LogP contribution in [0.15, 0.2) is 18.7 Å². The Kier molecular flexibility index (Phi) is 17.7. The molecule has 0 saturated heterocycles. The third-order valence-corrected chi connectivity index (χ3v) is 4.24. The third kappa shape index (κ3) is 36.6. The topological polar surface area (TPSA) is 74.0 Å². The first-order valence-electron chi connectivity index (χ1n) is 9.26. The van der Waals surface area contributed by atoms with Gasteiger partial charge in [0.25, 0.3) is 10.1 Å². The number of hydrogen-bond acceptors (Lipinski definition) is 2. The van der Waals surface area contributed by atoms with Crippen LogP contribution in [0.1, 0.15) is 71.1 Å². The van der Waals surface area contributed by atoms with Crippen LogP contribution >= 0.6 is 0 Å². The van der Waals surface area contributed by atoms with E-state index in [0.29, 0.717) is 6.42 Å². The van der Waals surface area contributed by atoms with Crippen molar-refractivity contribution in [3.05, 3.63) is 18.7 Å². The van der Waals surface area contributed by atoms with E-state index in [-0.39, 0.29) is 5.75 Å². The van der Waals surface area contributed by atoms with Crippen LogP contribution in [-0.4, -0.2) is 31.0 Å². The summed E-state index contributed by atoms with van der Waals surface area (Å²) in [4.78, 5) is 2.89. The monoisotopic (exact) mass is 420 g/mol. The van der Waals surface area contributed by atoms with E-state index in [4.69, 9.17) is 4.55 Å². The second-order valence-corrected chi connectivity index (χ2v) is 7.81. The van der Waals surface area contributed by atoms with Crippen molar-refractivity contribution in [3.8, 4) is 0 Å². The number of hydrogen-bond donors (Lipinski definition) is 2. The molecule has 0 aliphatic heterocycles. The molecule has 0 saturated carbocycles. The zero-order chi connectivity index (χ0) is 21.2. The quantitative estimate of drug-likeness (QED) is 0.175. The minimum atomic E-state index is -6.00. The standard InChI is InChI=1S/C12H26O3S.C4H6N2.BF4/c1-2-3-4-5-6-7-8-9-10-11-12-16(13,14)15;1-6-3-2-5-4-6;2-1(3,4)5/h2-12H2,1H3,(H,13,14,15);2-4H,1H3;/q;;-1/p+1. The van der Waals surface area contributed by atoms with Crippen molar-refractivity contribution in [1.82, 2.24) is 4.98 Å². The van der Waals surface area contributed by atoms with Crippen molar-refractivity contribution >= 4 is 17.4 Å². The Balaban J connectivity index is 0. The van der Waals surface area contributed by atoms with Crippen LogP contribution in [-0.2, 0) is 17.2 Å². The molecular formula is C16H33BF4N2O3S. The summed E-state index contributed by atoms with van der Waals surface area (Å²) in [5.41, 5.74) is 0. The fourth-order valence-corrected chi connectivity index (χ4v) is 2.71. The maximum Gasteiger partial charge on any atom is 0.673 e. The average Bonchev–Trinajstić information content (AvgIpc) is 2.98. The van der Waals surface area contributed by atoms with Gasteiger partial charge in [0.05, 0.1) is 12.8 Å². The Hall–Kier alpha value is -1.10. The van der Waals surface area contributed by atoms with Gasteiger partial charge in [-0.05, 0) is 6.42 Å². The lowest BCUT2D eigenvalue weighted by atomic mass is 10.1. The molecule has 2 N–H and O–H groups in total. The summed E-state index contributed by atoms with van der Waals surface area (Å²) in [5.74, 6) is -0.0799. The number of rotatable bonds is 11. The molecule has 0 radical (unpaired) electrons. The van der Waals surface area contributed by atoms with Crippen molar-refractivity contribution in [2.45, 2.75) is 71.1 Å². The average molecular weight is 420 g/mol. The Bertz CT molecular complexity index is 520. The molecule has 162 valence electrons. The van der Waals surface area contributed by atoms with E-state index in [1.165, 1.54) is 44.9 Å². The van der Waals surface area contributed by atoms with Gasteiger partial charge in [-0.25, -0.2) is 4.57 Å². The highest BCUT2D eigenvalue weighted by molar-refractivity contribution is 7.85. The van der Waals surface area contributed by atoms with E-state index in [1.54, 1.807) is 0 Å². The molecule has 0 fully saturated rings. The predicted octanol–water partition coefficient (Wildman–Crippen LogP) is 4.93. The van der Waals surface area contributed by atoms with Crippen LogP contribution < -0.4 is 4.57 Å². The maximum atomic E-state index is 10.4. The predicted molar refractivity (Wildman–Crippen MR) is 100 cm³/mol. The van der Waals surface area contributed by atoms with Crippen LogP contribution in [0.2, 0.25) is 0 Å². The minimum absolute atomic E-state index is 0.0799. The second kappa shape index (κ2) is 17.0. The molecule has 0 spiro atoms. The van der Waals surface area contributed by atoms with Gasteiger partial charge in [0.1, 0.15) is 12.4 Å². The molecule has 0 unspecified atom stereocenters. The SMILES string of the molecule is CCCCCCCCCCCCS(=O)(=O)O.C[n+]1cc[nH]c1.F[B-](F)(F)F. The fraction of sp³-hybridized carbons (Fsp3) is 0.812. The van der Waals surface area contributed by atoms with Gasteiger partial charge in [-0.3, -0.25) is 9.54 Å². The first-order valence-corrected chi connectivity index (χ1v) is 10.9. The van der Waals surface area contributed by atoms with E-state index < -0.39 is 17.4 Å². The Morgan fingerprint density at radius 2 is 1.33 bits per heavy atom. The summed E-state index contributed by atoms with van der Waals surface area (Å²) in [6.07, 6.45) is 17.3. The molecule has 0 atom stereocenters. The Morgan fingerprint density at radius 3 is 1.59 bits per heavy atom. The molecule has 0 aromatic carbocycles. The van der Waals surface area contributed by atoms with Gasteiger partial charge >= 0.3 is 7.25 Å². The first-order chi connectivity index (χ1) is 12.5. The van der Waals surface area contributed by atoms with Gasteiger partial charge in [-0.15, -0.1) is 0 Å². The molecule has 1 rings (SSSR count). The van der Waals surface area contributed by atoms with Gasteiger partial charge in [-0.2, -0.15) is 8.42 Å². The number of nitrogens with zero attached hydrogens (tertiary/aromatic N) is 1. The molecule has 0 amide bonds. The van der Waals surface area contributed by atoms with Crippen molar-refractivity contribution in [1.29, 1.82) is 0 Å². The highest BCUT2D eigenvalue weighted by Crippen LogP contribution is 2.10. The molecule has 5 nitrogen and oxygen atoms in total. The zero-order valence-electron chi connectivity index (χ0n) is 16.2. The first kappa shape index (κ1) is 28.1. The number of nitrogens with one attached hydrogen (secondary N) is 1. The van der Waals surface area contributed by atoms with E-state index >= 15 is 0 Å². The zero-order valence-corrected chi connectivity index (χ0v) is 17.0. The van der Waals surface area contributed by atoms with Gasteiger partial charge in [0.2, 0.25) is 6.33 Å². The minimum Gasteiger partial charge on any atom is -0.418 e. The normalized spacial score (nSPS) is 11.2. The number of aromatic amines is 1. The van der Waals surface area contributed by atoms with Gasteiger partial charge in [0, 0.05) is 0 Å². The van der Waals surface area contributed by atoms with E-state index in [9.17, 15) is 25.7 Å². The van der Waals surface area contributed by atoms with Crippen LogP contribution in [0.3, 0.4) is 0 Å². The van der Waals surface area contributed by atoms with Crippen molar-refractivity contribution in [2.75, 3.05) is 5.75 Å². The van der Waals surface area contributed by atoms with E-state index in [0.717, 1.165) is 12.8 Å². The van der Waals surface area contributed by atoms with Crippen molar-refractivity contribution in [3.63, 3.8) is 0 Å². The van der Waals surface area contributed by atoms with Crippen LogP contribution in [0.5, 0.6) is 0 Å². The maximum absolute atomic E-state index is 10.4. The number of H-pyrrole nitrogens is 1. The number of imidazole rings is 1. The summed E-state index contributed by atoms with van der Waals surface area (Å²) in [7, 11) is -7.76. The summed E-state index contributed by atoms with van der Waals surface area (Å²) in [6, 6.07) is 0. The molecule has 0 bridgehead atoms. The summed E-state index contributed by atoms with van der Waals surface area (Å²) >= 11 is 0. The van der Waals surface area contributed by atoms with Gasteiger partial charge < -0.3 is 17.3 Å². The molecule has 0 aliphatic carbocycles. The summed E-state index contributed by atoms with van der Waals surface area (Å²) < 4.78 is 70.3. The Morgan fingerprint density at radius 1 is 0.926 bits per heavy atom. The number of halogens is 4. The van der Waals surface area contributed by atoms with Crippen molar-refractivity contribution < 1.29 is 34.8 Å². The summed E-state index contributed by atoms with van der Waals surface area (Å²) in [5, 5.41) is 0. The highest BCUT2D eigenvalue weighted by atomic mass is 32.2. The molecule has 0 aliphatic rings. The third-order valence-electron chi connectivity index (χ3n) is 3.44. The number of aryl methyl sites for hydroxylation is 1. The lowest BCUT2D eigenvalue weighted by molar-refractivity contribution is -0.670.